The number of piperidine rings is 1. The summed E-state index contributed by atoms with van der Waals surface area (Å²) in [6.45, 7) is 14.9. The molecule has 4 aromatic rings. The monoisotopic (exact) mass is 926 g/mol. The minimum Gasteiger partial charge on any atom is -0.507 e. The number of carbonyl (C=O) groups excluding carboxylic acids is 2. The van der Waals surface area contributed by atoms with Crippen LogP contribution in [0.4, 0.5) is 11.4 Å². The summed E-state index contributed by atoms with van der Waals surface area (Å²) < 4.78 is 30.5. The van der Waals surface area contributed by atoms with Gasteiger partial charge in [0, 0.05) is 92.1 Å². The van der Waals surface area contributed by atoms with E-state index in [1.165, 1.54) is 59.3 Å². The van der Waals surface area contributed by atoms with Crippen molar-refractivity contribution in [3.8, 4) is 11.5 Å². The number of aliphatic hydroxyl groups excluding tert-OH is 3. The van der Waals surface area contributed by atoms with Gasteiger partial charge in [0.1, 0.15) is 28.8 Å². The van der Waals surface area contributed by atoms with Crippen LogP contribution in [-0.4, -0.2) is 101 Å². The Balaban J connectivity index is 1.46. The maximum atomic E-state index is 14.9. The number of anilines is 2. The van der Waals surface area contributed by atoms with Crippen LogP contribution in [0.2, 0.25) is 0 Å². The number of hydrogen-bond donors (Lipinski definition) is 6. The number of esters is 1. The predicted octanol–water partition coefficient (Wildman–Crippen LogP) is 5.00. The molecule has 3 aromatic carbocycles. The zero-order valence-corrected chi connectivity index (χ0v) is 39.6. The van der Waals surface area contributed by atoms with Crippen LogP contribution in [0.15, 0.2) is 62.3 Å². The van der Waals surface area contributed by atoms with Crippen molar-refractivity contribution in [3.05, 3.63) is 79.5 Å². The molecule has 0 unspecified atom stereocenters. The van der Waals surface area contributed by atoms with Gasteiger partial charge in [-0.25, -0.2) is 4.98 Å². The molecule has 1 amide bonds. The van der Waals surface area contributed by atoms with Crippen molar-refractivity contribution in [1.82, 2.24) is 10.3 Å². The van der Waals surface area contributed by atoms with E-state index in [0.717, 1.165) is 19.4 Å². The Hall–Kier alpha value is -6.01. The van der Waals surface area contributed by atoms with E-state index in [1.54, 1.807) is 45.9 Å². The van der Waals surface area contributed by atoms with Gasteiger partial charge in [0.15, 0.2) is 22.4 Å². The van der Waals surface area contributed by atoms with E-state index in [9.17, 15) is 39.6 Å². The number of carbonyl (C=O) groups is 2. The van der Waals surface area contributed by atoms with Gasteiger partial charge in [-0.2, -0.15) is 0 Å². The molecular formula is C50H62N4O13. The number of nitrogens with zero attached hydrogens (tertiary/aromatic N) is 2. The summed E-state index contributed by atoms with van der Waals surface area (Å²) in [5.74, 6) is -6.44. The minimum atomic E-state index is -1.98. The first kappa shape index (κ1) is 48.9. The summed E-state index contributed by atoms with van der Waals surface area (Å²) in [4.78, 5) is 62.2. The predicted molar refractivity (Wildman–Crippen MR) is 254 cm³/mol. The fourth-order valence-corrected chi connectivity index (χ4v) is 9.74. The molecule has 1 saturated heterocycles. The van der Waals surface area contributed by atoms with E-state index in [4.69, 9.17) is 28.3 Å². The molecule has 0 radical (unpaired) electrons. The highest BCUT2D eigenvalue weighted by molar-refractivity contribution is 6.16. The fourth-order valence-electron chi connectivity index (χ4n) is 9.74. The number of rotatable bonds is 5. The topological polar surface area (TPSA) is 239 Å². The molecule has 0 aliphatic carbocycles. The largest absolute Gasteiger partial charge is 0.507 e. The van der Waals surface area contributed by atoms with Gasteiger partial charge >= 0.3 is 11.8 Å². The van der Waals surface area contributed by atoms with Crippen LogP contribution >= 0.6 is 0 Å². The second-order valence-electron chi connectivity index (χ2n) is 18.5. The molecule has 9 atom stereocenters. The van der Waals surface area contributed by atoms with Crippen molar-refractivity contribution in [2.45, 2.75) is 98.4 Å². The lowest BCUT2D eigenvalue weighted by Crippen LogP contribution is -2.46. The number of aromatic nitrogens is 1. The van der Waals surface area contributed by atoms with Crippen molar-refractivity contribution in [1.29, 1.82) is 0 Å². The number of benzene rings is 3. The van der Waals surface area contributed by atoms with Gasteiger partial charge in [-0.05, 0) is 52.3 Å². The zero-order chi connectivity index (χ0) is 48.8. The molecule has 0 saturated carbocycles. The van der Waals surface area contributed by atoms with Crippen LogP contribution in [-0.2, 0) is 23.8 Å². The minimum absolute atomic E-state index is 0.0415. The zero-order valence-electron chi connectivity index (χ0n) is 39.6. The highest BCUT2D eigenvalue weighted by Gasteiger charge is 2.44. The highest BCUT2D eigenvalue weighted by Crippen LogP contribution is 2.42. The molecule has 67 heavy (non-hydrogen) atoms. The molecule has 17 nitrogen and oxygen atoms in total. The molecule has 360 valence electrons. The summed E-state index contributed by atoms with van der Waals surface area (Å²) in [5.41, 5.74) is -1.33. The van der Waals surface area contributed by atoms with Gasteiger partial charge < -0.3 is 59.3 Å². The van der Waals surface area contributed by atoms with Gasteiger partial charge in [0.05, 0.1) is 35.2 Å². The molecule has 4 heterocycles. The SMILES string of the molecule is CNCC1CCN(c2cc(=O)c3nc4c(oc3c2)c2c(=O)c3c(O)c(C)c5c(c34)=C(O)[C@@](C)(O/C=C/[C@H](OC)[C@@H](C)[C@@H](OC(C)=O)[C@H](C)[C@H](O)[C@H](C)[C@@H](O)[C@@H](C)/C=C/C=C(/C)C(=O)N2)O5)CC1. The lowest BCUT2D eigenvalue weighted by molar-refractivity contribution is -0.160. The van der Waals surface area contributed by atoms with Crippen LogP contribution in [0.1, 0.15) is 66.9 Å². The number of hydrogen-bond acceptors (Lipinski definition) is 16. The Bertz CT molecular complexity index is 2870. The fraction of sp³-hybridized carbons (Fsp3) is 0.500. The number of phenolic OH excluding ortho intramolecular Hbond substituents is 1. The van der Waals surface area contributed by atoms with Crippen LogP contribution in [0, 0.1) is 36.5 Å². The van der Waals surface area contributed by atoms with Gasteiger partial charge in [0.2, 0.25) is 10.9 Å². The van der Waals surface area contributed by atoms with Gasteiger partial charge in [-0.15, -0.1) is 0 Å². The second kappa shape index (κ2) is 19.3. The molecule has 1 aromatic heterocycles. The molecule has 0 spiro atoms. The summed E-state index contributed by atoms with van der Waals surface area (Å²) in [6.07, 6.45) is 5.38. The van der Waals surface area contributed by atoms with Crippen molar-refractivity contribution < 1.29 is 53.4 Å². The molecule has 17 heteroatoms. The second-order valence-corrected chi connectivity index (χ2v) is 18.5. The lowest BCUT2D eigenvalue weighted by Gasteiger charge is -2.38. The standard InChI is InChI=1S/C50H62N4O13/c1-23-12-11-13-24(2)49(62)53-40-44(60)36-35(39-47(40)66-34-21-31(20-32(56)38(34)52-39)54-17-14-30(15-18-54)22-51-9)37-46(28(6)43(36)59)67-50(8,48(37)61)64-19-16-33(63-10)25(3)45(65-29(7)55)27(5)42(58)26(4)41(23)57/h11-13,16,19-21,23,25-27,30,33,41-42,45,51,57-59,61H,14-15,17-18,22H2,1-10H3,(H,53,62)/b12-11+,19-16+,24-13-/t23-,25+,26+,27+,33-,41-,42+,45+,50-/m0/s1. The number of phenols is 1. The molecule has 5 bridgehead atoms. The molecule has 3 aliphatic heterocycles. The third kappa shape index (κ3) is 9.09. The number of aromatic hydroxyl groups is 1. The molecule has 1 fully saturated rings. The van der Waals surface area contributed by atoms with Crippen LogP contribution in [0.3, 0.4) is 0 Å². The average Bonchev–Trinajstić information content (AvgIpc) is 3.56. The lowest BCUT2D eigenvalue weighted by atomic mass is 9.78. The van der Waals surface area contributed by atoms with E-state index in [-0.39, 0.29) is 60.8 Å². The summed E-state index contributed by atoms with van der Waals surface area (Å²) in [6, 6.07) is 3.16. The number of aliphatic hydroxyl groups is 3. The molecular weight excluding hydrogens is 865 g/mol. The highest BCUT2D eigenvalue weighted by atomic mass is 16.7. The molecule has 6 N–H and O–H groups in total. The van der Waals surface area contributed by atoms with Crippen molar-refractivity contribution >= 4 is 62.0 Å². The number of fused-ring (bicyclic) bond motifs is 5. The first-order valence-corrected chi connectivity index (χ1v) is 22.8. The smallest absolute Gasteiger partial charge is 0.307 e. The summed E-state index contributed by atoms with van der Waals surface area (Å²) >= 11 is 0. The first-order valence-electron chi connectivity index (χ1n) is 22.8. The first-order chi connectivity index (χ1) is 31.7. The molecule has 7 rings (SSSR count). The number of ether oxygens (including phenoxy) is 4. The van der Waals surface area contributed by atoms with Crippen molar-refractivity contribution in [3.63, 3.8) is 0 Å². The Labute approximate surface area is 387 Å². The van der Waals surface area contributed by atoms with Crippen LogP contribution in [0.5, 0.6) is 11.5 Å². The molecule has 3 aliphatic rings. The number of methoxy groups -OCH3 is 1. The Morgan fingerprint density at radius 3 is 2.34 bits per heavy atom. The van der Waals surface area contributed by atoms with E-state index < -0.39 is 88.1 Å². The summed E-state index contributed by atoms with van der Waals surface area (Å²) in [5, 5.41) is 52.5. The summed E-state index contributed by atoms with van der Waals surface area (Å²) in [7, 11) is 3.36. The van der Waals surface area contributed by atoms with Crippen LogP contribution in [0.25, 0.3) is 38.7 Å². The van der Waals surface area contributed by atoms with Crippen molar-refractivity contribution in [2.75, 3.05) is 44.0 Å². The van der Waals surface area contributed by atoms with Crippen molar-refractivity contribution in [2.24, 2.45) is 29.6 Å². The maximum absolute atomic E-state index is 14.9. The van der Waals surface area contributed by atoms with E-state index >= 15 is 0 Å². The number of nitrogens with one attached hydrogen (secondary N) is 2. The van der Waals surface area contributed by atoms with E-state index in [0.29, 0.717) is 24.7 Å². The Kier molecular flexibility index (Phi) is 14.1. The number of amides is 1. The number of allylic oxidation sites excluding steroid dienone is 2. The normalized spacial score (nSPS) is 29.7. The van der Waals surface area contributed by atoms with E-state index in [2.05, 4.69) is 15.5 Å². The Morgan fingerprint density at radius 1 is 0.985 bits per heavy atom. The van der Waals surface area contributed by atoms with Gasteiger partial charge in [-0.1, -0.05) is 45.9 Å². The Morgan fingerprint density at radius 2 is 1.69 bits per heavy atom. The van der Waals surface area contributed by atoms with Gasteiger partial charge in [0.25, 0.3) is 5.91 Å². The third-order valence-corrected chi connectivity index (χ3v) is 13.9. The third-order valence-electron chi connectivity index (χ3n) is 13.9. The van der Waals surface area contributed by atoms with Crippen LogP contribution < -0.4 is 36.3 Å². The quantitative estimate of drug-likeness (QED) is 0.0878. The average molecular weight is 927 g/mol. The maximum Gasteiger partial charge on any atom is 0.307 e. The van der Waals surface area contributed by atoms with Gasteiger partial charge in [-0.3, -0.25) is 19.2 Å². The van der Waals surface area contributed by atoms with E-state index in [1.807, 2.05) is 7.05 Å².